The first-order valence-electron chi connectivity index (χ1n) is 11.7. The number of hydrogen-bond donors (Lipinski definition) is 1. The molecule has 2 heterocycles. The molecular formula is C26H31ClFN3O3. The number of nitrogens with one attached hydrogen (secondary N) is 1. The molecule has 0 radical (unpaired) electrons. The van der Waals surface area contributed by atoms with Crippen molar-refractivity contribution in [3.05, 3.63) is 58.4 Å². The SMILES string of the molecule is COc1ccc(C[C@]2(CCC(=O)N3CCN(c4cc(Cl)ccc4C)CC3)CCC(=O)N2)c(F)c1. The number of hydrogen-bond acceptors (Lipinski definition) is 4. The van der Waals surface area contributed by atoms with Crippen LogP contribution in [0.3, 0.4) is 0 Å². The molecule has 34 heavy (non-hydrogen) atoms. The first-order chi connectivity index (χ1) is 16.3. The number of anilines is 1. The second kappa shape index (κ2) is 10.2. The van der Waals surface area contributed by atoms with Crippen molar-refractivity contribution in [1.82, 2.24) is 10.2 Å². The molecule has 4 rings (SSSR count). The number of rotatable bonds is 7. The maximum absolute atomic E-state index is 14.6. The van der Waals surface area contributed by atoms with Crippen LogP contribution in [0.25, 0.3) is 0 Å². The summed E-state index contributed by atoms with van der Waals surface area (Å²) in [6.07, 6.45) is 2.13. The number of piperazine rings is 1. The molecule has 1 atom stereocenters. The third-order valence-electron chi connectivity index (χ3n) is 6.99. The van der Waals surface area contributed by atoms with Crippen LogP contribution in [-0.4, -0.2) is 55.5 Å². The summed E-state index contributed by atoms with van der Waals surface area (Å²) in [5.41, 5.74) is 2.17. The van der Waals surface area contributed by atoms with Gasteiger partial charge < -0.3 is 19.9 Å². The number of ether oxygens (including phenoxy) is 1. The second-order valence-electron chi connectivity index (χ2n) is 9.26. The van der Waals surface area contributed by atoms with E-state index in [1.165, 1.54) is 13.2 Å². The molecule has 2 fully saturated rings. The van der Waals surface area contributed by atoms with Crippen LogP contribution >= 0.6 is 11.6 Å². The Balaban J connectivity index is 1.36. The Morgan fingerprint density at radius 1 is 1.18 bits per heavy atom. The van der Waals surface area contributed by atoms with E-state index in [4.69, 9.17) is 16.3 Å². The average molecular weight is 488 g/mol. The Morgan fingerprint density at radius 2 is 1.94 bits per heavy atom. The quantitative estimate of drug-likeness (QED) is 0.638. The topological polar surface area (TPSA) is 61.9 Å². The summed E-state index contributed by atoms with van der Waals surface area (Å²) in [5.74, 6) is 0.108. The largest absolute Gasteiger partial charge is 0.497 e. The van der Waals surface area contributed by atoms with E-state index in [0.29, 0.717) is 61.5 Å². The molecular weight excluding hydrogens is 457 g/mol. The predicted molar refractivity (Wildman–Crippen MR) is 131 cm³/mol. The normalized spacial score (nSPS) is 20.4. The Labute approximate surface area is 205 Å². The van der Waals surface area contributed by atoms with Crippen LogP contribution < -0.4 is 15.0 Å². The van der Waals surface area contributed by atoms with E-state index in [-0.39, 0.29) is 17.6 Å². The first kappa shape index (κ1) is 24.3. The molecule has 8 heteroatoms. The van der Waals surface area contributed by atoms with Gasteiger partial charge in [-0.15, -0.1) is 0 Å². The lowest BCUT2D eigenvalue weighted by molar-refractivity contribution is -0.132. The number of aryl methyl sites for hydroxylation is 1. The number of benzene rings is 2. The van der Waals surface area contributed by atoms with Gasteiger partial charge in [-0.2, -0.15) is 0 Å². The van der Waals surface area contributed by atoms with Gasteiger partial charge in [0.2, 0.25) is 11.8 Å². The number of carbonyl (C=O) groups excluding carboxylic acids is 2. The number of carbonyl (C=O) groups is 2. The van der Waals surface area contributed by atoms with Crippen molar-refractivity contribution in [3.63, 3.8) is 0 Å². The van der Waals surface area contributed by atoms with Gasteiger partial charge in [-0.25, -0.2) is 4.39 Å². The monoisotopic (exact) mass is 487 g/mol. The van der Waals surface area contributed by atoms with Crippen molar-refractivity contribution in [3.8, 4) is 5.75 Å². The highest BCUT2D eigenvalue weighted by molar-refractivity contribution is 6.30. The molecule has 0 unspecified atom stereocenters. The third kappa shape index (κ3) is 5.46. The predicted octanol–water partition coefficient (Wildman–Crippen LogP) is 4.12. The molecule has 2 amide bonds. The van der Waals surface area contributed by atoms with E-state index in [1.807, 2.05) is 23.1 Å². The van der Waals surface area contributed by atoms with Gasteiger partial charge in [0.15, 0.2) is 0 Å². The van der Waals surface area contributed by atoms with E-state index in [9.17, 15) is 14.0 Å². The van der Waals surface area contributed by atoms with Crippen molar-refractivity contribution in [1.29, 1.82) is 0 Å². The van der Waals surface area contributed by atoms with E-state index >= 15 is 0 Å². The molecule has 6 nitrogen and oxygen atoms in total. The lowest BCUT2D eigenvalue weighted by atomic mass is 9.84. The molecule has 0 aliphatic carbocycles. The summed E-state index contributed by atoms with van der Waals surface area (Å²) in [6, 6.07) is 10.6. The molecule has 2 saturated heterocycles. The Morgan fingerprint density at radius 3 is 2.59 bits per heavy atom. The number of amides is 2. The number of nitrogens with zero attached hydrogens (tertiary/aromatic N) is 2. The fourth-order valence-corrected chi connectivity index (χ4v) is 5.14. The average Bonchev–Trinajstić information content (AvgIpc) is 3.21. The smallest absolute Gasteiger partial charge is 0.222 e. The summed E-state index contributed by atoms with van der Waals surface area (Å²) in [5, 5.41) is 3.75. The van der Waals surface area contributed by atoms with Crippen LogP contribution in [0, 0.1) is 12.7 Å². The van der Waals surface area contributed by atoms with Crippen molar-refractivity contribution < 1.29 is 18.7 Å². The van der Waals surface area contributed by atoms with E-state index in [1.54, 1.807) is 12.1 Å². The minimum absolute atomic E-state index is 0.0492. The zero-order chi connectivity index (χ0) is 24.3. The van der Waals surface area contributed by atoms with Crippen LogP contribution in [0.5, 0.6) is 5.75 Å². The maximum atomic E-state index is 14.6. The van der Waals surface area contributed by atoms with Crippen LogP contribution in [0.4, 0.5) is 10.1 Å². The van der Waals surface area contributed by atoms with Gasteiger partial charge in [0, 0.05) is 61.3 Å². The van der Waals surface area contributed by atoms with E-state index in [0.717, 1.165) is 24.3 Å². The summed E-state index contributed by atoms with van der Waals surface area (Å²) in [7, 11) is 1.49. The summed E-state index contributed by atoms with van der Waals surface area (Å²) in [4.78, 5) is 29.2. The van der Waals surface area contributed by atoms with Gasteiger partial charge in [0.25, 0.3) is 0 Å². The zero-order valence-electron chi connectivity index (χ0n) is 19.7. The Kier molecular flexibility index (Phi) is 7.31. The van der Waals surface area contributed by atoms with Crippen LogP contribution in [0.1, 0.15) is 36.8 Å². The van der Waals surface area contributed by atoms with Gasteiger partial charge in [0.05, 0.1) is 7.11 Å². The fraction of sp³-hybridized carbons (Fsp3) is 0.462. The lowest BCUT2D eigenvalue weighted by Crippen LogP contribution is -2.50. The molecule has 2 aliphatic heterocycles. The standard InChI is InChI=1S/C26H31ClFN3O3/c1-18-3-5-20(27)15-23(18)30-11-13-31(14-12-30)25(33)8-10-26(9-7-24(32)29-26)17-19-4-6-21(34-2)16-22(19)28/h3-6,15-16H,7-14,17H2,1-2H3,(H,29,32)/t26-/m1/s1. The van der Waals surface area contributed by atoms with Crippen molar-refractivity contribution in [2.24, 2.45) is 0 Å². The molecule has 0 saturated carbocycles. The molecule has 2 aromatic rings. The number of halogens is 2. The zero-order valence-corrected chi connectivity index (χ0v) is 20.5. The van der Waals surface area contributed by atoms with Crippen molar-refractivity contribution in [2.75, 3.05) is 38.2 Å². The minimum atomic E-state index is -0.609. The molecule has 0 bridgehead atoms. The first-order valence-corrected chi connectivity index (χ1v) is 12.1. The van der Waals surface area contributed by atoms with Gasteiger partial charge in [-0.3, -0.25) is 9.59 Å². The molecule has 2 aliphatic rings. The molecule has 2 aromatic carbocycles. The fourth-order valence-electron chi connectivity index (χ4n) is 4.97. The highest BCUT2D eigenvalue weighted by atomic mass is 35.5. The Bertz CT molecular complexity index is 1070. The lowest BCUT2D eigenvalue weighted by Gasteiger charge is -2.37. The van der Waals surface area contributed by atoms with Crippen molar-refractivity contribution >= 4 is 29.1 Å². The molecule has 0 aromatic heterocycles. The maximum Gasteiger partial charge on any atom is 0.222 e. The second-order valence-corrected chi connectivity index (χ2v) is 9.70. The summed E-state index contributed by atoms with van der Waals surface area (Å²) in [6.45, 7) is 4.82. The van der Waals surface area contributed by atoms with Gasteiger partial charge in [0.1, 0.15) is 11.6 Å². The van der Waals surface area contributed by atoms with Gasteiger partial charge >= 0.3 is 0 Å². The van der Waals surface area contributed by atoms with E-state index < -0.39 is 5.54 Å². The summed E-state index contributed by atoms with van der Waals surface area (Å²) >= 11 is 6.17. The van der Waals surface area contributed by atoms with Crippen molar-refractivity contribution in [2.45, 2.75) is 44.6 Å². The van der Waals surface area contributed by atoms with Crippen LogP contribution in [0.2, 0.25) is 5.02 Å². The Hall–Kier alpha value is -2.80. The third-order valence-corrected chi connectivity index (χ3v) is 7.22. The number of methoxy groups -OCH3 is 1. The highest BCUT2D eigenvalue weighted by Gasteiger charge is 2.39. The van der Waals surface area contributed by atoms with E-state index in [2.05, 4.69) is 17.1 Å². The van der Waals surface area contributed by atoms with Crippen LogP contribution in [-0.2, 0) is 16.0 Å². The summed E-state index contributed by atoms with van der Waals surface area (Å²) < 4.78 is 19.7. The highest BCUT2D eigenvalue weighted by Crippen LogP contribution is 2.32. The van der Waals surface area contributed by atoms with Crippen LogP contribution in [0.15, 0.2) is 36.4 Å². The van der Waals surface area contributed by atoms with Gasteiger partial charge in [-0.1, -0.05) is 23.7 Å². The molecule has 182 valence electrons. The molecule has 1 N–H and O–H groups in total. The minimum Gasteiger partial charge on any atom is -0.497 e. The van der Waals surface area contributed by atoms with Gasteiger partial charge in [-0.05, 0) is 55.5 Å². The molecule has 0 spiro atoms.